The molecular formula is C10H23NO. The molecule has 12 heavy (non-hydrogen) atoms. The topological polar surface area (TPSA) is 35.2 Å². The zero-order chi connectivity index (χ0) is 9.40. The summed E-state index contributed by atoms with van der Waals surface area (Å²) in [4.78, 5) is 0. The predicted molar refractivity (Wildman–Crippen MR) is 53.2 cm³/mol. The normalized spacial score (nSPS) is 13.8. The molecule has 0 saturated carbocycles. The van der Waals surface area contributed by atoms with Gasteiger partial charge in [-0.1, -0.05) is 27.2 Å². The van der Waals surface area contributed by atoms with Crippen LogP contribution in [0.25, 0.3) is 0 Å². The smallest absolute Gasteiger partial charge is 0.0480 e. The summed E-state index contributed by atoms with van der Waals surface area (Å²) >= 11 is 0. The lowest BCUT2D eigenvalue weighted by atomic mass is 10.0. The maximum Gasteiger partial charge on any atom is 0.0480 e. The molecule has 0 amide bonds. The first kappa shape index (κ1) is 11.9. The van der Waals surface area contributed by atoms with Crippen molar-refractivity contribution in [3.8, 4) is 0 Å². The third-order valence-corrected chi connectivity index (χ3v) is 2.09. The highest BCUT2D eigenvalue weighted by Gasteiger charge is 2.06. The van der Waals surface area contributed by atoms with E-state index in [9.17, 15) is 0 Å². The fourth-order valence-corrected chi connectivity index (χ4v) is 0.901. The Balaban J connectivity index is 3.08. The molecule has 0 saturated heterocycles. The summed E-state index contributed by atoms with van der Waals surface area (Å²) in [6.07, 6.45) is 3.36. The second-order valence-electron chi connectivity index (χ2n) is 3.66. The molecule has 0 heterocycles. The van der Waals surface area contributed by atoms with Crippen molar-refractivity contribution in [1.29, 1.82) is 0 Å². The molecular weight excluding hydrogens is 150 g/mol. The highest BCUT2D eigenvalue weighted by atomic mass is 16.5. The van der Waals surface area contributed by atoms with E-state index in [1.807, 2.05) is 0 Å². The predicted octanol–water partition coefficient (Wildman–Crippen LogP) is 2.18. The molecule has 0 aromatic carbocycles. The molecule has 0 radical (unpaired) electrons. The van der Waals surface area contributed by atoms with Gasteiger partial charge in [0.25, 0.3) is 0 Å². The lowest BCUT2D eigenvalue weighted by Gasteiger charge is -2.14. The lowest BCUT2D eigenvalue weighted by Crippen LogP contribution is -2.27. The molecule has 74 valence electrons. The summed E-state index contributed by atoms with van der Waals surface area (Å²) in [5.74, 6) is 0.569. The van der Waals surface area contributed by atoms with Gasteiger partial charge in [-0.15, -0.1) is 0 Å². The van der Waals surface area contributed by atoms with Gasteiger partial charge in [0.2, 0.25) is 0 Å². The molecule has 2 nitrogen and oxygen atoms in total. The zero-order valence-corrected chi connectivity index (χ0v) is 8.68. The fourth-order valence-electron chi connectivity index (χ4n) is 0.901. The Morgan fingerprint density at radius 3 is 2.42 bits per heavy atom. The Hall–Kier alpha value is -0.0800. The number of hydrogen-bond donors (Lipinski definition) is 1. The molecule has 1 atom stereocenters. The number of unbranched alkanes of at least 4 members (excludes halogenated alkanes) is 1. The van der Waals surface area contributed by atoms with Gasteiger partial charge in [0.1, 0.15) is 0 Å². The van der Waals surface area contributed by atoms with E-state index in [4.69, 9.17) is 10.5 Å². The van der Waals surface area contributed by atoms with Crippen LogP contribution >= 0.6 is 0 Å². The fraction of sp³-hybridized carbons (Fsp3) is 1.00. The number of nitrogens with two attached hydrogens (primary N) is 1. The van der Waals surface area contributed by atoms with E-state index in [1.165, 1.54) is 6.42 Å². The summed E-state index contributed by atoms with van der Waals surface area (Å²) in [6, 6.07) is 0.298. The minimum Gasteiger partial charge on any atom is -0.381 e. The zero-order valence-electron chi connectivity index (χ0n) is 8.68. The highest BCUT2D eigenvalue weighted by molar-refractivity contribution is 4.64. The molecule has 0 aliphatic rings. The van der Waals surface area contributed by atoms with Crippen molar-refractivity contribution >= 4 is 0 Å². The molecule has 2 heteroatoms. The molecule has 1 unspecified atom stereocenters. The molecule has 0 aromatic rings. The van der Waals surface area contributed by atoms with Crippen LogP contribution in [0.15, 0.2) is 0 Å². The van der Waals surface area contributed by atoms with Crippen LogP contribution in [-0.2, 0) is 4.74 Å². The average Bonchev–Trinajstić information content (AvgIpc) is 2.03. The largest absolute Gasteiger partial charge is 0.381 e. The third kappa shape index (κ3) is 6.62. The molecule has 0 fully saturated rings. The Labute approximate surface area is 76.5 Å². The van der Waals surface area contributed by atoms with E-state index in [0.29, 0.717) is 12.0 Å². The van der Waals surface area contributed by atoms with Crippen molar-refractivity contribution in [2.75, 3.05) is 13.2 Å². The monoisotopic (exact) mass is 173 g/mol. The minimum atomic E-state index is 0.298. The number of hydrogen-bond acceptors (Lipinski definition) is 2. The van der Waals surface area contributed by atoms with Gasteiger partial charge in [-0.25, -0.2) is 0 Å². The van der Waals surface area contributed by atoms with Crippen molar-refractivity contribution in [3.63, 3.8) is 0 Å². The number of rotatable bonds is 7. The van der Waals surface area contributed by atoms with Crippen molar-refractivity contribution in [3.05, 3.63) is 0 Å². The van der Waals surface area contributed by atoms with Gasteiger partial charge in [-0.3, -0.25) is 0 Å². The summed E-state index contributed by atoms with van der Waals surface area (Å²) in [5.41, 5.74) is 5.85. The Morgan fingerprint density at radius 2 is 1.92 bits per heavy atom. The van der Waals surface area contributed by atoms with E-state index in [1.54, 1.807) is 0 Å². The van der Waals surface area contributed by atoms with Crippen molar-refractivity contribution in [2.24, 2.45) is 11.7 Å². The third-order valence-electron chi connectivity index (χ3n) is 2.09. The van der Waals surface area contributed by atoms with E-state index in [-0.39, 0.29) is 0 Å². The molecule has 0 bridgehead atoms. The first-order valence-corrected chi connectivity index (χ1v) is 5.01. The van der Waals surface area contributed by atoms with E-state index >= 15 is 0 Å². The number of ether oxygens (including phenoxy) is 1. The van der Waals surface area contributed by atoms with Crippen molar-refractivity contribution < 1.29 is 4.74 Å². The van der Waals surface area contributed by atoms with Gasteiger partial charge < -0.3 is 10.5 Å². The van der Waals surface area contributed by atoms with Gasteiger partial charge in [0, 0.05) is 19.3 Å². The molecule has 2 N–H and O–H groups in total. The van der Waals surface area contributed by atoms with Crippen LogP contribution < -0.4 is 5.73 Å². The van der Waals surface area contributed by atoms with Crippen molar-refractivity contribution in [2.45, 2.75) is 46.1 Å². The van der Waals surface area contributed by atoms with Crippen LogP contribution in [0.3, 0.4) is 0 Å². The lowest BCUT2D eigenvalue weighted by molar-refractivity contribution is 0.121. The minimum absolute atomic E-state index is 0.298. The van der Waals surface area contributed by atoms with Gasteiger partial charge in [-0.05, 0) is 18.8 Å². The summed E-state index contributed by atoms with van der Waals surface area (Å²) in [6.45, 7) is 8.18. The Morgan fingerprint density at radius 1 is 1.25 bits per heavy atom. The second kappa shape index (κ2) is 7.56. The van der Waals surface area contributed by atoms with E-state index in [2.05, 4.69) is 20.8 Å². The maximum absolute atomic E-state index is 5.85. The Bertz CT molecular complexity index is 93.8. The SMILES string of the molecule is CCCCOCCC(N)C(C)C. The van der Waals surface area contributed by atoms with Crippen LogP contribution in [0, 0.1) is 5.92 Å². The van der Waals surface area contributed by atoms with Crippen LogP contribution in [0.4, 0.5) is 0 Å². The highest BCUT2D eigenvalue weighted by Crippen LogP contribution is 2.02. The molecule has 0 aliphatic carbocycles. The van der Waals surface area contributed by atoms with Gasteiger partial charge in [-0.2, -0.15) is 0 Å². The van der Waals surface area contributed by atoms with Gasteiger partial charge in [0.15, 0.2) is 0 Å². The van der Waals surface area contributed by atoms with E-state index < -0.39 is 0 Å². The van der Waals surface area contributed by atoms with Crippen LogP contribution in [0.5, 0.6) is 0 Å². The van der Waals surface area contributed by atoms with Crippen LogP contribution in [0.1, 0.15) is 40.0 Å². The second-order valence-corrected chi connectivity index (χ2v) is 3.66. The van der Waals surface area contributed by atoms with Crippen molar-refractivity contribution in [1.82, 2.24) is 0 Å². The molecule has 0 rings (SSSR count). The van der Waals surface area contributed by atoms with E-state index in [0.717, 1.165) is 26.1 Å². The molecule has 0 aliphatic heterocycles. The molecule has 0 aromatic heterocycles. The summed E-state index contributed by atoms with van der Waals surface area (Å²) in [7, 11) is 0. The average molecular weight is 173 g/mol. The summed E-state index contributed by atoms with van der Waals surface area (Å²) in [5, 5.41) is 0. The first-order chi connectivity index (χ1) is 5.68. The maximum atomic E-state index is 5.85. The Kier molecular flexibility index (Phi) is 7.51. The van der Waals surface area contributed by atoms with Crippen LogP contribution in [-0.4, -0.2) is 19.3 Å². The summed E-state index contributed by atoms with van der Waals surface area (Å²) < 4.78 is 5.41. The molecule has 0 spiro atoms. The quantitative estimate of drug-likeness (QED) is 0.599. The van der Waals surface area contributed by atoms with Crippen LogP contribution in [0.2, 0.25) is 0 Å². The standard InChI is InChI=1S/C10H23NO/c1-4-5-7-12-8-6-10(11)9(2)3/h9-10H,4-8,11H2,1-3H3. The van der Waals surface area contributed by atoms with Gasteiger partial charge >= 0.3 is 0 Å². The van der Waals surface area contributed by atoms with Gasteiger partial charge in [0.05, 0.1) is 0 Å². The first-order valence-electron chi connectivity index (χ1n) is 5.01.